The topological polar surface area (TPSA) is 74.6 Å². The third-order valence-electron chi connectivity index (χ3n) is 6.41. The zero-order valence-electron chi connectivity index (χ0n) is 17.8. The first-order valence-corrected chi connectivity index (χ1v) is 11.1. The first kappa shape index (κ1) is 24.1. The largest absolute Gasteiger partial charge is 0.481 e. The fourth-order valence-electron chi connectivity index (χ4n) is 4.64. The summed E-state index contributed by atoms with van der Waals surface area (Å²) in [5.74, 6) is 0.775. The molecular weight excluding hydrogens is 340 g/mol. The third kappa shape index (κ3) is 9.73. The Kier molecular flexibility index (Phi) is 11.2. The molecule has 2 N–H and O–H groups in total. The second kappa shape index (κ2) is 12.5. The predicted molar refractivity (Wildman–Crippen MR) is 110 cm³/mol. The smallest absolute Gasteiger partial charge is 0.303 e. The van der Waals surface area contributed by atoms with Crippen LogP contribution in [0.15, 0.2) is 0 Å². The molecule has 1 fully saturated rings. The average molecular weight is 383 g/mol. The summed E-state index contributed by atoms with van der Waals surface area (Å²) in [4.78, 5) is 23.2. The van der Waals surface area contributed by atoms with Crippen LogP contribution in [0.2, 0.25) is 0 Å². The van der Waals surface area contributed by atoms with Crippen molar-refractivity contribution in [3.05, 3.63) is 0 Å². The normalized spacial score (nSPS) is 21.6. The molecule has 3 atom stereocenters. The summed E-state index contributed by atoms with van der Waals surface area (Å²) in [6.07, 6.45) is 12.6. The molecule has 1 rings (SSSR count). The van der Waals surface area contributed by atoms with Crippen molar-refractivity contribution in [3.63, 3.8) is 0 Å². The monoisotopic (exact) mass is 382 g/mol. The molecule has 0 saturated heterocycles. The van der Waals surface area contributed by atoms with Gasteiger partial charge >= 0.3 is 5.97 Å². The molecular formula is C23H42O4. The Morgan fingerprint density at radius 2 is 1.89 bits per heavy atom. The van der Waals surface area contributed by atoms with Crippen molar-refractivity contribution in [1.29, 1.82) is 0 Å². The van der Waals surface area contributed by atoms with Crippen LogP contribution in [0.1, 0.15) is 104 Å². The summed E-state index contributed by atoms with van der Waals surface area (Å²) >= 11 is 0. The highest BCUT2D eigenvalue weighted by atomic mass is 16.4. The molecule has 0 radical (unpaired) electrons. The number of Topliss-reactive ketones (excluding diaryl/α,β-unsaturated/α-hetero) is 1. The molecule has 0 amide bonds. The van der Waals surface area contributed by atoms with Crippen molar-refractivity contribution in [2.24, 2.45) is 23.2 Å². The Morgan fingerprint density at radius 3 is 2.52 bits per heavy atom. The van der Waals surface area contributed by atoms with E-state index in [0.717, 1.165) is 57.8 Å². The number of aliphatic carboxylic acids is 1. The number of rotatable bonds is 15. The van der Waals surface area contributed by atoms with Crippen LogP contribution in [-0.4, -0.2) is 28.6 Å². The molecule has 0 aromatic heterocycles. The SMILES string of the molecule is CCCCCC(CO)CC[C@H]1CCC(=O)[C@@H]1CCCCC(C)(C)CC(=O)O. The number of ketones is 1. The molecule has 4 nitrogen and oxygen atoms in total. The van der Waals surface area contributed by atoms with Crippen LogP contribution in [0, 0.1) is 23.2 Å². The number of hydrogen-bond acceptors (Lipinski definition) is 3. The molecule has 0 spiro atoms. The van der Waals surface area contributed by atoms with Crippen LogP contribution in [0.25, 0.3) is 0 Å². The first-order valence-electron chi connectivity index (χ1n) is 11.1. The Labute approximate surface area is 166 Å². The molecule has 1 aliphatic carbocycles. The fraction of sp³-hybridized carbons (Fsp3) is 0.913. The van der Waals surface area contributed by atoms with Crippen molar-refractivity contribution in [1.82, 2.24) is 0 Å². The molecule has 158 valence electrons. The van der Waals surface area contributed by atoms with Gasteiger partial charge in [0, 0.05) is 18.9 Å². The Hall–Kier alpha value is -0.900. The van der Waals surface area contributed by atoms with Gasteiger partial charge in [-0.15, -0.1) is 0 Å². The van der Waals surface area contributed by atoms with E-state index in [0.29, 0.717) is 17.6 Å². The van der Waals surface area contributed by atoms with Gasteiger partial charge in [-0.2, -0.15) is 0 Å². The van der Waals surface area contributed by atoms with Crippen LogP contribution in [0.3, 0.4) is 0 Å². The van der Waals surface area contributed by atoms with E-state index in [-0.39, 0.29) is 24.4 Å². The fourth-order valence-corrected chi connectivity index (χ4v) is 4.64. The van der Waals surface area contributed by atoms with E-state index in [4.69, 9.17) is 5.11 Å². The van der Waals surface area contributed by atoms with E-state index in [2.05, 4.69) is 6.92 Å². The standard InChI is InChI=1S/C23H42O4/c1-4-5-6-9-18(17-24)11-12-19-13-14-21(25)20(19)10-7-8-15-23(2,3)16-22(26)27/h18-20,24H,4-17H2,1-3H3,(H,26,27)/t18?,19-,20+/m0/s1. The van der Waals surface area contributed by atoms with Gasteiger partial charge < -0.3 is 10.2 Å². The Bertz CT molecular complexity index is 444. The Balaban J connectivity index is 2.35. The number of hydrogen-bond donors (Lipinski definition) is 2. The number of carbonyl (C=O) groups is 2. The maximum absolute atomic E-state index is 12.3. The second-order valence-electron chi connectivity index (χ2n) is 9.47. The number of aliphatic hydroxyl groups excluding tert-OH is 1. The van der Waals surface area contributed by atoms with E-state index in [9.17, 15) is 14.7 Å². The first-order chi connectivity index (χ1) is 12.8. The van der Waals surface area contributed by atoms with Gasteiger partial charge in [-0.25, -0.2) is 0 Å². The Morgan fingerprint density at radius 1 is 1.15 bits per heavy atom. The highest BCUT2D eigenvalue weighted by molar-refractivity contribution is 5.83. The quantitative estimate of drug-likeness (QED) is 0.361. The number of unbranched alkanes of at least 4 members (excludes halogenated alkanes) is 3. The zero-order chi connectivity index (χ0) is 20.3. The molecule has 1 aliphatic rings. The van der Waals surface area contributed by atoms with Gasteiger partial charge in [0.25, 0.3) is 0 Å². The van der Waals surface area contributed by atoms with E-state index >= 15 is 0 Å². The van der Waals surface area contributed by atoms with Crippen molar-refractivity contribution < 1.29 is 19.8 Å². The molecule has 0 heterocycles. The highest BCUT2D eigenvalue weighted by Crippen LogP contribution is 2.37. The maximum atomic E-state index is 12.3. The van der Waals surface area contributed by atoms with Gasteiger partial charge in [0.15, 0.2) is 0 Å². The number of carboxylic acid groups (broad SMARTS) is 1. The van der Waals surface area contributed by atoms with Gasteiger partial charge in [-0.05, 0) is 55.8 Å². The minimum absolute atomic E-state index is 0.169. The van der Waals surface area contributed by atoms with Gasteiger partial charge in [-0.1, -0.05) is 52.9 Å². The summed E-state index contributed by atoms with van der Waals surface area (Å²) in [7, 11) is 0. The number of aliphatic hydroxyl groups is 1. The molecule has 27 heavy (non-hydrogen) atoms. The van der Waals surface area contributed by atoms with Crippen LogP contribution < -0.4 is 0 Å². The summed E-state index contributed by atoms with van der Waals surface area (Å²) in [6.45, 7) is 6.50. The van der Waals surface area contributed by atoms with Crippen molar-refractivity contribution >= 4 is 11.8 Å². The summed E-state index contributed by atoms with van der Waals surface area (Å²) in [5, 5.41) is 18.6. The van der Waals surface area contributed by atoms with Crippen molar-refractivity contribution in [2.45, 2.75) is 104 Å². The van der Waals surface area contributed by atoms with Gasteiger partial charge in [-0.3, -0.25) is 9.59 Å². The summed E-state index contributed by atoms with van der Waals surface area (Å²) in [5.41, 5.74) is -0.169. The van der Waals surface area contributed by atoms with E-state index < -0.39 is 5.97 Å². The highest BCUT2D eigenvalue weighted by Gasteiger charge is 2.34. The van der Waals surface area contributed by atoms with Crippen LogP contribution in [0.4, 0.5) is 0 Å². The second-order valence-corrected chi connectivity index (χ2v) is 9.47. The van der Waals surface area contributed by atoms with Crippen LogP contribution in [-0.2, 0) is 9.59 Å². The van der Waals surface area contributed by atoms with Crippen LogP contribution in [0.5, 0.6) is 0 Å². The lowest BCUT2D eigenvalue weighted by Gasteiger charge is -2.24. The lowest BCUT2D eigenvalue weighted by atomic mass is 9.81. The third-order valence-corrected chi connectivity index (χ3v) is 6.41. The van der Waals surface area contributed by atoms with Crippen LogP contribution >= 0.6 is 0 Å². The molecule has 1 unspecified atom stereocenters. The van der Waals surface area contributed by atoms with Crippen molar-refractivity contribution in [2.75, 3.05) is 6.61 Å². The zero-order valence-corrected chi connectivity index (χ0v) is 17.8. The molecule has 0 bridgehead atoms. The van der Waals surface area contributed by atoms with Gasteiger partial charge in [0.05, 0.1) is 6.42 Å². The molecule has 0 aromatic carbocycles. The average Bonchev–Trinajstić information content (AvgIpc) is 2.94. The summed E-state index contributed by atoms with van der Waals surface area (Å²) < 4.78 is 0. The van der Waals surface area contributed by atoms with E-state index in [1.165, 1.54) is 19.3 Å². The van der Waals surface area contributed by atoms with Gasteiger partial charge in [0.2, 0.25) is 0 Å². The minimum Gasteiger partial charge on any atom is -0.481 e. The lowest BCUT2D eigenvalue weighted by molar-refractivity contribution is -0.139. The number of carboxylic acids is 1. The summed E-state index contributed by atoms with van der Waals surface area (Å²) in [6, 6.07) is 0. The molecule has 1 saturated carbocycles. The van der Waals surface area contributed by atoms with E-state index in [1.807, 2.05) is 13.8 Å². The lowest BCUT2D eigenvalue weighted by Crippen LogP contribution is -2.18. The molecule has 0 aliphatic heterocycles. The van der Waals surface area contributed by atoms with Crippen molar-refractivity contribution in [3.8, 4) is 0 Å². The minimum atomic E-state index is -0.733. The molecule has 4 heteroatoms. The predicted octanol–water partition coefficient (Wildman–Crippen LogP) is 5.61. The maximum Gasteiger partial charge on any atom is 0.303 e. The number of carbonyl (C=O) groups excluding carboxylic acids is 1. The van der Waals surface area contributed by atoms with E-state index in [1.54, 1.807) is 0 Å². The molecule has 0 aromatic rings. The van der Waals surface area contributed by atoms with Gasteiger partial charge in [0.1, 0.15) is 5.78 Å².